The van der Waals surface area contributed by atoms with Crippen LogP contribution in [-0.4, -0.2) is 49.3 Å². The zero-order chi connectivity index (χ0) is 24.2. The number of nitrogens with zero attached hydrogens (tertiary/aromatic N) is 5. The van der Waals surface area contributed by atoms with E-state index in [9.17, 15) is 4.79 Å². The molecule has 1 atom stereocenters. The largest absolute Gasteiger partial charge is 0.468 e. The summed E-state index contributed by atoms with van der Waals surface area (Å²) in [4.78, 5) is 17.0. The van der Waals surface area contributed by atoms with E-state index in [1.165, 1.54) is 12.7 Å². The van der Waals surface area contributed by atoms with Crippen molar-refractivity contribution < 1.29 is 9.53 Å². The van der Waals surface area contributed by atoms with Crippen LogP contribution in [0.3, 0.4) is 0 Å². The molecule has 2 aromatic heterocycles. The summed E-state index contributed by atoms with van der Waals surface area (Å²) in [6.07, 6.45) is 3.66. The van der Waals surface area contributed by atoms with Crippen LogP contribution < -0.4 is 5.32 Å². The average molecular weight is 472 g/mol. The van der Waals surface area contributed by atoms with Crippen molar-refractivity contribution in [2.45, 2.75) is 51.7 Å². The molecular formula is C26H29N7O2. The summed E-state index contributed by atoms with van der Waals surface area (Å²) in [5, 5.41) is 17.8. The summed E-state index contributed by atoms with van der Waals surface area (Å²) >= 11 is 0. The van der Waals surface area contributed by atoms with Crippen LogP contribution in [0.15, 0.2) is 48.5 Å². The number of hydrogen-bond acceptors (Lipinski definition) is 7. The second-order valence-electron chi connectivity index (χ2n) is 8.75. The van der Waals surface area contributed by atoms with Crippen LogP contribution in [0.25, 0.3) is 22.5 Å². The highest BCUT2D eigenvalue weighted by Crippen LogP contribution is 2.30. The quantitative estimate of drug-likeness (QED) is 0.379. The molecule has 5 rings (SSSR count). The fraction of sp³-hybridized carbons (Fsp3) is 0.346. The Kier molecular flexibility index (Phi) is 6.67. The van der Waals surface area contributed by atoms with Crippen molar-refractivity contribution in [1.82, 2.24) is 35.5 Å². The number of carbonyl (C=O) groups is 1. The number of esters is 1. The molecule has 9 heteroatoms. The number of tetrazole rings is 1. The van der Waals surface area contributed by atoms with Gasteiger partial charge in [-0.05, 0) is 28.3 Å². The van der Waals surface area contributed by atoms with Crippen LogP contribution in [0.4, 0.5) is 0 Å². The maximum atomic E-state index is 12.0. The van der Waals surface area contributed by atoms with E-state index < -0.39 is 0 Å². The van der Waals surface area contributed by atoms with Gasteiger partial charge in [0.15, 0.2) is 0 Å². The van der Waals surface area contributed by atoms with Gasteiger partial charge in [0.1, 0.15) is 11.9 Å². The van der Waals surface area contributed by atoms with E-state index in [1.54, 1.807) is 0 Å². The molecule has 180 valence electrons. The number of ether oxygens (including phenoxy) is 1. The summed E-state index contributed by atoms with van der Waals surface area (Å²) in [5.74, 6) is 1.42. The molecule has 0 aliphatic carbocycles. The molecule has 0 saturated carbocycles. The first-order valence-electron chi connectivity index (χ1n) is 12.0. The smallest absolute Gasteiger partial charge is 0.323 e. The van der Waals surface area contributed by atoms with Crippen molar-refractivity contribution in [2.75, 3.05) is 7.11 Å². The van der Waals surface area contributed by atoms with Gasteiger partial charge in [-0.3, -0.25) is 10.1 Å². The lowest BCUT2D eigenvalue weighted by Gasteiger charge is -2.22. The first-order valence-corrected chi connectivity index (χ1v) is 12.0. The first-order chi connectivity index (χ1) is 17.2. The molecule has 2 aromatic carbocycles. The lowest BCUT2D eigenvalue weighted by Crippen LogP contribution is -2.43. The number of unbranched alkanes of at least 4 members (excludes halogenated alkanes) is 1. The molecule has 0 spiro atoms. The Balaban J connectivity index is 1.41. The zero-order valence-corrected chi connectivity index (χ0v) is 20.0. The number of benzene rings is 2. The van der Waals surface area contributed by atoms with Crippen molar-refractivity contribution in [3.05, 3.63) is 71.3 Å². The molecule has 3 heterocycles. The Hall–Kier alpha value is -3.85. The van der Waals surface area contributed by atoms with Crippen LogP contribution in [-0.2, 0) is 35.5 Å². The predicted molar refractivity (Wildman–Crippen MR) is 131 cm³/mol. The minimum Gasteiger partial charge on any atom is -0.468 e. The van der Waals surface area contributed by atoms with Gasteiger partial charge in [-0.25, -0.2) is 4.98 Å². The number of carbonyl (C=O) groups excluding carboxylic acids is 1. The number of imidazole rings is 1. The molecule has 0 bridgehead atoms. The van der Waals surface area contributed by atoms with E-state index in [0.29, 0.717) is 18.8 Å². The molecule has 0 amide bonds. The van der Waals surface area contributed by atoms with E-state index in [0.717, 1.165) is 59.7 Å². The number of hydrogen-bond donors (Lipinski definition) is 2. The number of aromatic amines is 1. The van der Waals surface area contributed by atoms with Crippen molar-refractivity contribution in [2.24, 2.45) is 0 Å². The Bertz CT molecular complexity index is 1300. The molecule has 1 unspecified atom stereocenters. The first kappa shape index (κ1) is 22.9. The molecule has 9 nitrogen and oxygen atoms in total. The van der Waals surface area contributed by atoms with Gasteiger partial charge in [0.25, 0.3) is 0 Å². The fourth-order valence-electron chi connectivity index (χ4n) is 4.64. The molecule has 0 fully saturated rings. The summed E-state index contributed by atoms with van der Waals surface area (Å²) in [5.41, 5.74) is 6.43. The highest BCUT2D eigenvalue weighted by molar-refractivity contribution is 5.80. The third-order valence-corrected chi connectivity index (χ3v) is 6.51. The van der Waals surface area contributed by atoms with Crippen LogP contribution in [0, 0.1) is 0 Å². The van der Waals surface area contributed by atoms with E-state index in [4.69, 9.17) is 9.72 Å². The number of rotatable bonds is 8. The van der Waals surface area contributed by atoms with Crippen molar-refractivity contribution in [1.29, 1.82) is 0 Å². The molecule has 1 aliphatic rings. The van der Waals surface area contributed by atoms with E-state index in [-0.39, 0.29) is 12.0 Å². The maximum Gasteiger partial charge on any atom is 0.323 e. The van der Waals surface area contributed by atoms with E-state index in [2.05, 4.69) is 67.8 Å². The van der Waals surface area contributed by atoms with E-state index >= 15 is 0 Å². The number of aryl methyl sites for hydroxylation is 1. The summed E-state index contributed by atoms with van der Waals surface area (Å²) in [6.45, 7) is 3.52. The van der Waals surface area contributed by atoms with E-state index in [1.807, 2.05) is 18.2 Å². The Morgan fingerprint density at radius 1 is 1.14 bits per heavy atom. The number of methoxy groups -OCH3 is 1. The topological polar surface area (TPSA) is 111 Å². The van der Waals surface area contributed by atoms with Gasteiger partial charge < -0.3 is 9.30 Å². The van der Waals surface area contributed by atoms with Gasteiger partial charge in [-0.2, -0.15) is 5.21 Å². The second kappa shape index (κ2) is 10.2. The Labute approximate surface area is 203 Å². The zero-order valence-electron chi connectivity index (χ0n) is 20.0. The third kappa shape index (κ3) is 4.72. The summed E-state index contributed by atoms with van der Waals surface area (Å²) in [7, 11) is 1.43. The van der Waals surface area contributed by atoms with Gasteiger partial charge in [-0.1, -0.05) is 61.9 Å². The molecule has 35 heavy (non-hydrogen) atoms. The molecule has 4 aromatic rings. The lowest BCUT2D eigenvalue weighted by molar-refractivity contribution is -0.143. The number of aromatic nitrogens is 6. The van der Waals surface area contributed by atoms with Crippen LogP contribution in [0.1, 0.15) is 42.5 Å². The average Bonchev–Trinajstić information content (AvgIpc) is 3.56. The third-order valence-electron chi connectivity index (χ3n) is 6.51. The van der Waals surface area contributed by atoms with Crippen molar-refractivity contribution >= 4 is 5.97 Å². The molecule has 0 saturated heterocycles. The Morgan fingerprint density at radius 2 is 1.94 bits per heavy atom. The predicted octanol–water partition coefficient (Wildman–Crippen LogP) is 3.31. The minimum atomic E-state index is -0.339. The molecule has 1 aliphatic heterocycles. The highest BCUT2D eigenvalue weighted by Gasteiger charge is 2.29. The second-order valence-corrected chi connectivity index (χ2v) is 8.75. The Morgan fingerprint density at radius 3 is 2.66 bits per heavy atom. The normalized spacial score (nSPS) is 15.1. The molecule has 0 radical (unpaired) electrons. The van der Waals surface area contributed by atoms with Gasteiger partial charge in [-0.15, -0.1) is 10.2 Å². The van der Waals surface area contributed by atoms with Crippen LogP contribution in [0.2, 0.25) is 0 Å². The van der Waals surface area contributed by atoms with Crippen LogP contribution in [0.5, 0.6) is 0 Å². The SMILES string of the molecule is CCCCc1nc2c(n1Cc1ccc(-c3ccccc3-c3nn[nH]n3)cc1)CNC(C(=O)OC)C2. The molecule has 2 N–H and O–H groups in total. The number of nitrogens with one attached hydrogen (secondary N) is 2. The highest BCUT2D eigenvalue weighted by atomic mass is 16.5. The standard InChI is InChI=1S/C26H29N7O2/c1-3-4-9-24-28-21-14-22(26(34)35-2)27-15-23(21)33(24)16-17-10-12-18(13-11-17)19-7-5-6-8-20(19)25-29-31-32-30-25/h5-8,10-13,22,27H,3-4,9,14-16H2,1-2H3,(H,29,30,31,32). The summed E-state index contributed by atoms with van der Waals surface area (Å²) in [6, 6.07) is 16.3. The molecular weight excluding hydrogens is 442 g/mol. The summed E-state index contributed by atoms with van der Waals surface area (Å²) < 4.78 is 7.25. The lowest BCUT2D eigenvalue weighted by atomic mass is 9.98. The van der Waals surface area contributed by atoms with Crippen LogP contribution >= 0.6 is 0 Å². The van der Waals surface area contributed by atoms with Gasteiger partial charge >= 0.3 is 5.97 Å². The maximum absolute atomic E-state index is 12.0. The number of fused-ring (bicyclic) bond motifs is 1. The van der Waals surface area contributed by atoms with Gasteiger partial charge in [0.2, 0.25) is 5.82 Å². The monoisotopic (exact) mass is 471 g/mol. The van der Waals surface area contributed by atoms with Gasteiger partial charge in [0, 0.05) is 31.5 Å². The van der Waals surface area contributed by atoms with Crippen molar-refractivity contribution in [3.8, 4) is 22.5 Å². The number of H-pyrrole nitrogens is 1. The fourth-order valence-corrected chi connectivity index (χ4v) is 4.64. The van der Waals surface area contributed by atoms with Crippen molar-refractivity contribution in [3.63, 3.8) is 0 Å². The van der Waals surface area contributed by atoms with Gasteiger partial charge in [0.05, 0.1) is 18.5 Å². The minimum absolute atomic E-state index is 0.239.